The molecule has 1 aliphatic heterocycles. The van der Waals surface area contributed by atoms with Gasteiger partial charge in [-0.3, -0.25) is 9.59 Å². The number of carbonyl (C=O) groups is 2. The lowest BCUT2D eigenvalue weighted by molar-refractivity contribution is -0.126. The molecule has 0 saturated carbocycles. The first-order chi connectivity index (χ1) is 12.6. The fraction of sp³-hybridized carbons (Fsp3) is 0.619. The number of aryl methyl sites for hydroxylation is 1. The summed E-state index contributed by atoms with van der Waals surface area (Å²) < 4.78 is 0. The minimum absolute atomic E-state index is 0.0318. The van der Waals surface area contributed by atoms with Crippen molar-refractivity contribution in [2.45, 2.75) is 40.0 Å². The summed E-state index contributed by atoms with van der Waals surface area (Å²) in [4.78, 5) is 29.2. The predicted molar refractivity (Wildman–Crippen MR) is 105 cm³/mol. The number of nitrogens with one attached hydrogen (secondary N) is 1. The predicted octanol–water partition coefficient (Wildman–Crippen LogP) is 2.70. The molecule has 0 spiro atoms. The van der Waals surface area contributed by atoms with E-state index in [1.54, 1.807) is 0 Å². The molecule has 1 heterocycles. The Bertz CT molecular complexity index is 591. The summed E-state index contributed by atoms with van der Waals surface area (Å²) in [5.74, 6) is 0.262. The van der Waals surface area contributed by atoms with Crippen molar-refractivity contribution >= 4 is 11.8 Å². The minimum Gasteiger partial charge on any atom is -0.356 e. The maximum absolute atomic E-state index is 12.6. The van der Waals surface area contributed by atoms with Gasteiger partial charge in [-0.2, -0.15) is 0 Å². The smallest absolute Gasteiger partial charge is 0.254 e. The van der Waals surface area contributed by atoms with Gasteiger partial charge >= 0.3 is 0 Å². The number of hydrogen-bond donors (Lipinski definition) is 1. The van der Waals surface area contributed by atoms with E-state index in [-0.39, 0.29) is 17.7 Å². The molecule has 2 amide bonds. The molecule has 26 heavy (non-hydrogen) atoms. The Kier molecular flexibility index (Phi) is 8.10. The molecule has 5 nitrogen and oxygen atoms in total. The summed E-state index contributed by atoms with van der Waals surface area (Å²) in [7, 11) is 0. The van der Waals surface area contributed by atoms with Crippen LogP contribution in [-0.2, 0) is 4.79 Å². The molecule has 0 atom stereocenters. The lowest BCUT2D eigenvalue weighted by Gasteiger charge is -2.31. The van der Waals surface area contributed by atoms with Crippen molar-refractivity contribution in [2.75, 3.05) is 39.3 Å². The summed E-state index contributed by atoms with van der Waals surface area (Å²) in [5.41, 5.74) is 1.78. The molecule has 0 bridgehead atoms. The Balaban J connectivity index is 1.73. The highest BCUT2D eigenvalue weighted by Gasteiger charge is 2.28. The fourth-order valence-corrected chi connectivity index (χ4v) is 3.53. The summed E-state index contributed by atoms with van der Waals surface area (Å²) in [5, 5.41) is 3.07. The van der Waals surface area contributed by atoms with E-state index < -0.39 is 0 Å². The summed E-state index contributed by atoms with van der Waals surface area (Å²) in [6.45, 7) is 11.5. The zero-order valence-corrected chi connectivity index (χ0v) is 16.5. The van der Waals surface area contributed by atoms with Crippen molar-refractivity contribution in [1.29, 1.82) is 0 Å². The lowest BCUT2D eigenvalue weighted by Crippen LogP contribution is -2.43. The van der Waals surface area contributed by atoms with E-state index in [2.05, 4.69) is 24.1 Å². The van der Waals surface area contributed by atoms with Gasteiger partial charge < -0.3 is 15.1 Å². The average Bonchev–Trinajstić information content (AvgIpc) is 2.68. The van der Waals surface area contributed by atoms with E-state index in [4.69, 9.17) is 0 Å². The Morgan fingerprint density at radius 2 is 1.81 bits per heavy atom. The van der Waals surface area contributed by atoms with Crippen LogP contribution in [0.1, 0.15) is 49.0 Å². The second-order valence-corrected chi connectivity index (χ2v) is 7.05. The molecule has 5 heteroatoms. The molecule has 2 rings (SSSR count). The zero-order chi connectivity index (χ0) is 18.9. The Labute approximate surface area is 157 Å². The molecule has 1 fully saturated rings. The van der Waals surface area contributed by atoms with Crippen molar-refractivity contribution in [1.82, 2.24) is 15.1 Å². The van der Waals surface area contributed by atoms with Crippen molar-refractivity contribution in [3.8, 4) is 0 Å². The van der Waals surface area contributed by atoms with E-state index in [1.165, 1.54) is 0 Å². The maximum atomic E-state index is 12.6. The Hall–Kier alpha value is -1.88. The molecule has 0 unspecified atom stereocenters. The van der Waals surface area contributed by atoms with Crippen molar-refractivity contribution in [3.05, 3.63) is 35.4 Å². The molecule has 1 N–H and O–H groups in total. The normalized spacial score (nSPS) is 15.3. The third-order valence-electron chi connectivity index (χ3n) is 5.37. The summed E-state index contributed by atoms with van der Waals surface area (Å²) in [6, 6.07) is 7.69. The van der Waals surface area contributed by atoms with Crippen LogP contribution in [0.25, 0.3) is 0 Å². The monoisotopic (exact) mass is 359 g/mol. The van der Waals surface area contributed by atoms with Crippen LogP contribution in [0.2, 0.25) is 0 Å². The maximum Gasteiger partial charge on any atom is 0.254 e. The van der Waals surface area contributed by atoms with E-state index in [1.807, 2.05) is 36.1 Å². The molecule has 1 aromatic carbocycles. The first kappa shape index (κ1) is 20.4. The van der Waals surface area contributed by atoms with Gasteiger partial charge in [0, 0.05) is 31.1 Å². The van der Waals surface area contributed by atoms with Crippen LogP contribution in [0.15, 0.2) is 24.3 Å². The second-order valence-electron chi connectivity index (χ2n) is 7.05. The minimum atomic E-state index is 0.0318. The number of nitrogens with zero attached hydrogens (tertiary/aromatic N) is 2. The summed E-state index contributed by atoms with van der Waals surface area (Å²) >= 11 is 0. The Morgan fingerprint density at radius 1 is 1.15 bits per heavy atom. The van der Waals surface area contributed by atoms with Gasteiger partial charge in [-0.15, -0.1) is 0 Å². The van der Waals surface area contributed by atoms with Crippen LogP contribution in [0.4, 0.5) is 0 Å². The molecule has 1 aromatic rings. The van der Waals surface area contributed by atoms with E-state index >= 15 is 0 Å². The molecule has 1 aliphatic rings. The van der Waals surface area contributed by atoms with Gasteiger partial charge in [0.05, 0.1) is 0 Å². The molecule has 0 radical (unpaired) electrons. The highest BCUT2D eigenvalue weighted by atomic mass is 16.2. The van der Waals surface area contributed by atoms with Gasteiger partial charge in [-0.25, -0.2) is 0 Å². The van der Waals surface area contributed by atoms with Gasteiger partial charge in [0.15, 0.2) is 0 Å². The molecule has 0 aliphatic carbocycles. The van der Waals surface area contributed by atoms with Crippen LogP contribution in [0.3, 0.4) is 0 Å². The molecule has 1 saturated heterocycles. The number of hydrogen-bond acceptors (Lipinski definition) is 3. The number of benzene rings is 1. The van der Waals surface area contributed by atoms with Crippen LogP contribution in [0.5, 0.6) is 0 Å². The summed E-state index contributed by atoms with van der Waals surface area (Å²) in [6.07, 6.45) is 2.48. The topological polar surface area (TPSA) is 52.7 Å². The number of likely N-dealkylation sites (tertiary alicyclic amines) is 1. The van der Waals surface area contributed by atoms with Crippen LogP contribution >= 0.6 is 0 Å². The lowest BCUT2D eigenvalue weighted by atomic mass is 9.95. The average molecular weight is 360 g/mol. The van der Waals surface area contributed by atoms with E-state index in [9.17, 15) is 9.59 Å². The number of amides is 2. The van der Waals surface area contributed by atoms with Crippen LogP contribution < -0.4 is 5.32 Å². The van der Waals surface area contributed by atoms with Crippen LogP contribution in [0, 0.1) is 12.8 Å². The third kappa shape index (κ3) is 5.56. The van der Waals surface area contributed by atoms with Gasteiger partial charge in [0.25, 0.3) is 5.91 Å². The zero-order valence-electron chi connectivity index (χ0n) is 16.5. The fourth-order valence-electron chi connectivity index (χ4n) is 3.53. The first-order valence-electron chi connectivity index (χ1n) is 9.91. The Morgan fingerprint density at radius 3 is 2.42 bits per heavy atom. The van der Waals surface area contributed by atoms with Gasteiger partial charge in [-0.1, -0.05) is 32.0 Å². The van der Waals surface area contributed by atoms with E-state index in [0.29, 0.717) is 13.1 Å². The SMILES string of the molecule is CCN(CC)CCCNC(=O)C1CCN(C(=O)c2ccccc2C)CC1. The van der Waals surface area contributed by atoms with Crippen molar-refractivity contribution < 1.29 is 9.59 Å². The molecular weight excluding hydrogens is 326 g/mol. The number of carbonyl (C=O) groups excluding carboxylic acids is 2. The highest BCUT2D eigenvalue weighted by Crippen LogP contribution is 2.20. The molecular formula is C21H33N3O2. The van der Waals surface area contributed by atoms with Crippen LogP contribution in [-0.4, -0.2) is 60.9 Å². The van der Waals surface area contributed by atoms with Crippen molar-refractivity contribution in [3.63, 3.8) is 0 Å². The molecule has 144 valence electrons. The standard InChI is InChI=1S/C21H33N3O2/c1-4-23(5-2)14-8-13-22-20(25)18-11-15-24(16-12-18)21(26)19-10-7-6-9-17(19)3/h6-7,9-10,18H,4-5,8,11-16H2,1-3H3,(H,22,25). The van der Waals surface area contributed by atoms with Gasteiger partial charge in [0.1, 0.15) is 0 Å². The van der Waals surface area contributed by atoms with Crippen molar-refractivity contribution in [2.24, 2.45) is 5.92 Å². The van der Waals surface area contributed by atoms with E-state index in [0.717, 1.165) is 56.6 Å². The quantitative estimate of drug-likeness (QED) is 0.726. The second kappa shape index (κ2) is 10.3. The molecule has 0 aromatic heterocycles. The first-order valence-corrected chi connectivity index (χ1v) is 9.91. The largest absolute Gasteiger partial charge is 0.356 e. The van der Waals surface area contributed by atoms with Gasteiger partial charge in [0.2, 0.25) is 5.91 Å². The van der Waals surface area contributed by atoms with Gasteiger partial charge in [-0.05, 0) is 57.5 Å². The number of piperidine rings is 1. The number of rotatable bonds is 8. The highest BCUT2D eigenvalue weighted by molar-refractivity contribution is 5.95. The third-order valence-corrected chi connectivity index (χ3v) is 5.37.